The Morgan fingerprint density at radius 3 is 2.63 bits per heavy atom. The Morgan fingerprint density at radius 1 is 0.947 bits per heavy atom. The molecule has 0 aliphatic heterocycles. The van der Waals surface area contributed by atoms with Gasteiger partial charge in [0.05, 0.1) is 11.4 Å². The molecular weight excluding hydrogens is 236 g/mol. The van der Waals surface area contributed by atoms with Gasteiger partial charge in [0.1, 0.15) is 11.3 Å². The molecule has 2 heterocycles. The van der Waals surface area contributed by atoms with Crippen LogP contribution in [-0.4, -0.2) is 15.1 Å². The standard InChI is InChI=1S/C16H12N2O/c1-11(13-6-2-3-10-17-13)14-9-8-12-5-4-7-15(19)16(12)18-14/h2-10,19H,1H2. The SMILES string of the molecule is C=C(c1ccccn1)c1ccc2cccc(O)c2n1. The van der Waals surface area contributed by atoms with Crippen LogP contribution in [0, 0.1) is 0 Å². The highest BCUT2D eigenvalue weighted by molar-refractivity contribution is 5.87. The lowest BCUT2D eigenvalue weighted by molar-refractivity contribution is 0.480. The Bertz CT molecular complexity index is 751. The molecule has 3 nitrogen and oxygen atoms in total. The fourth-order valence-corrected chi connectivity index (χ4v) is 1.97. The zero-order valence-corrected chi connectivity index (χ0v) is 10.2. The summed E-state index contributed by atoms with van der Waals surface area (Å²) in [6.07, 6.45) is 1.72. The molecule has 0 saturated carbocycles. The van der Waals surface area contributed by atoms with Crippen LogP contribution < -0.4 is 0 Å². The number of pyridine rings is 2. The van der Waals surface area contributed by atoms with Crippen molar-refractivity contribution in [1.29, 1.82) is 0 Å². The molecule has 1 N–H and O–H groups in total. The molecule has 3 heteroatoms. The molecule has 0 radical (unpaired) electrons. The van der Waals surface area contributed by atoms with Gasteiger partial charge in [-0.3, -0.25) is 4.98 Å². The van der Waals surface area contributed by atoms with E-state index in [1.54, 1.807) is 18.3 Å². The molecule has 1 aromatic carbocycles. The summed E-state index contributed by atoms with van der Waals surface area (Å²) in [5.74, 6) is 0.174. The van der Waals surface area contributed by atoms with Gasteiger partial charge in [0.25, 0.3) is 0 Å². The van der Waals surface area contributed by atoms with Crippen molar-refractivity contribution in [2.75, 3.05) is 0 Å². The van der Waals surface area contributed by atoms with Gasteiger partial charge < -0.3 is 5.11 Å². The van der Waals surface area contributed by atoms with E-state index in [4.69, 9.17) is 0 Å². The van der Waals surface area contributed by atoms with Crippen LogP contribution in [0.1, 0.15) is 11.4 Å². The first-order chi connectivity index (χ1) is 9.25. The van der Waals surface area contributed by atoms with Gasteiger partial charge in [-0.15, -0.1) is 0 Å². The molecule has 0 spiro atoms. The van der Waals surface area contributed by atoms with E-state index < -0.39 is 0 Å². The molecule has 0 aliphatic rings. The van der Waals surface area contributed by atoms with Gasteiger partial charge in [0, 0.05) is 17.2 Å². The number of para-hydroxylation sites is 1. The van der Waals surface area contributed by atoms with Crippen molar-refractivity contribution in [3.05, 3.63) is 72.7 Å². The largest absolute Gasteiger partial charge is 0.506 e. The van der Waals surface area contributed by atoms with Crippen molar-refractivity contribution in [2.45, 2.75) is 0 Å². The number of benzene rings is 1. The first-order valence-electron chi connectivity index (χ1n) is 5.95. The van der Waals surface area contributed by atoms with Crippen LogP contribution in [0.2, 0.25) is 0 Å². The predicted octanol–water partition coefficient (Wildman–Crippen LogP) is 3.40. The first-order valence-corrected chi connectivity index (χ1v) is 5.95. The number of phenols is 1. The number of hydrogen-bond acceptors (Lipinski definition) is 3. The van der Waals surface area contributed by atoms with Gasteiger partial charge in [0.15, 0.2) is 0 Å². The summed E-state index contributed by atoms with van der Waals surface area (Å²) in [6, 6.07) is 14.8. The van der Waals surface area contributed by atoms with E-state index in [1.165, 1.54) is 0 Å². The topological polar surface area (TPSA) is 46.0 Å². The molecule has 3 rings (SSSR count). The molecule has 0 fully saturated rings. The van der Waals surface area contributed by atoms with Crippen molar-refractivity contribution in [2.24, 2.45) is 0 Å². The Hall–Kier alpha value is -2.68. The van der Waals surface area contributed by atoms with Gasteiger partial charge in [-0.2, -0.15) is 0 Å². The van der Waals surface area contributed by atoms with Crippen molar-refractivity contribution >= 4 is 16.5 Å². The molecule has 0 bridgehead atoms. The molecular formula is C16H12N2O. The number of rotatable bonds is 2. The van der Waals surface area contributed by atoms with Crippen LogP contribution >= 0.6 is 0 Å². The van der Waals surface area contributed by atoms with Gasteiger partial charge >= 0.3 is 0 Å². The van der Waals surface area contributed by atoms with E-state index in [2.05, 4.69) is 16.5 Å². The van der Waals surface area contributed by atoms with E-state index in [9.17, 15) is 5.11 Å². The van der Waals surface area contributed by atoms with Gasteiger partial charge in [0.2, 0.25) is 0 Å². The minimum Gasteiger partial charge on any atom is -0.506 e. The van der Waals surface area contributed by atoms with Gasteiger partial charge in [-0.25, -0.2) is 4.98 Å². The lowest BCUT2D eigenvalue weighted by Crippen LogP contribution is -1.93. The Kier molecular flexibility index (Phi) is 2.72. The van der Waals surface area contributed by atoms with E-state index in [0.717, 1.165) is 16.7 Å². The highest BCUT2D eigenvalue weighted by Gasteiger charge is 2.07. The molecule has 2 aromatic heterocycles. The maximum Gasteiger partial charge on any atom is 0.141 e. The number of aromatic nitrogens is 2. The zero-order chi connectivity index (χ0) is 13.2. The monoisotopic (exact) mass is 248 g/mol. The summed E-state index contributed by atoms with van der Waals surface area (Å²) in [5, 5.41) is 10.7. The quantitative estimate of drug-likeness (QED) is 0.756. The molecule has 19 heavy (non-hydrogen) atoms. The van der Waals surface area contributed by atoms with E-state index >= 15 is 0 Å². The average molecular weight is 248 g/mol. The minimum absolute atomic E-state index is 0.174. The summed E-state index contributed by atoms with van der Waals surface area (Å²) in [5.41, 5.74) is 2.82. The van der Waals surface area contributed by atoms with Crippen LogP contribution in [0.5, 0.6) is 5.75 Å². The van der Waals surface area contributed by atoms with Crippen molar-refractivity contribution in [1.82, 2.24) is 9.97 Å². The molecule has 0 unspecified atom stereocenters. The van der Waals surface area contributed by atoms with E-state index in [1.807, 2.05) is 36.4 Å². The lowest BCUT2D eigenvalue weighted by Gasteiger charge is -2.06. The lowest BCUT2D eigenvalue weighted by atomic mass is 10.1. The third kappa shape index (κ3) is 2.06. The van der Waals surface area contributed by atoms with Gasteiger partial charge in [-0.05, 0) is 24.3 Å². The fraction of sp³-hybridized carbons (Fsp3) is 0. The van der Waals surface area contributed by atoms with Crippen molar-refractivity contribution < 1.29 is 5.11 Å². The predicted molar refractivity (Wildman–Crippen MR) is 75.8 cm³/mol. The number of hydrogen-bond donors (Lipinski definition) is 1. The Morgan fingerprint density at radius 2 is 1.84 bits per heavy atom. The summed E-state index contributed by atoms with van der Waals surface area (Å²) >= 11 is 0. The second-order valence-corrected chi connectivity index (χ2v) is 4.24. The summed E-state index contributed by atoms with van der Waals surface area (Å²) < 4.78 is 0. The first kappa shape index (κ1) is 11.4. The van der Waals surface area contributed by atoms with Crippen molar-refractivity contribution in [3.63, 3.8) is 0 Å². The van der Waals surface area contributed by atoms with Crippen LogP contribution in [0.4, 0.5) is 0 Å². The van der Waals surface area contributed by atoms with E-state index in [-0.39, 0.29) is 5.75 Å². The molecule has 3 aromatic rings. The Balaban J connectivity index is 2.11. The highest BCUT2D eigenvalue weighted by atomic mass is 16.3. The van der Waals surface area contributed by atoms with Crippen LogP contribution in [0.15, 0.2) is 61.3 Å². The molecule has 0 atom stereocenters. The van der Waals surface area contributed by atoms with Crippen molar-refractivity contribution in [3.8, 4) is 5.75 Å². The summed E-state index contributed by atoms with van der Waals surface area (Å²) in [6.45, 7) is 4.03. The maximum absolute atomic E-state index is 9.84. The number of phenolic OH excluding ortho intramolecular Hbond substituents is 1. The minimum atomic E-state index is 0.174. The van der Waals surface area contributed by atoms with Crippen LogP contribution in [0.3, 0.4) is 0 Å². The molecule has 0 amide bonds. The molecule has 0 aliphatic carbocycles. The summed E-state index contributed by atoms with van der Waals surface area (Å²) in [4.78, 5) is 8.72. The average Bonchev–Trinajstić information content (AvgIpc) is 2.47. The van der Waals surface area contributed by atoms with E-state index in [0.29, 0.717) is 11.2 Å². The second-order valence-electron chi connectivity index (χ2n) is 4.24. The Labute approximate surface area is 110 Å². The smallest absolute Gasteiger partial charge is 0.141 e. The van der Waals surface area contributed by atoms with Crippen LogP contribution in [0.25, 0.3) is 16.5 Å². The second kappa shape index (κ2) is 4.53. The van der Waals surface area contributed by atoms with Crippen LogP contribution in [-0.2, 0) is 0 Å². The number of aromatic hydroxyl groups is 1. The normalized spacial score (nSPS) is 10.5. The van der Waals surface area contributed by atoms with Gasteiger partial charge in [-0.1, -0.05) is 30.8 Å². The zero-order valence-electron chi connectivity index (χ0n) is 10.2. The third-order valence-corrected chi connectivity index (χ3v) is 2.98. The summed E-state index contributed by atoms with van der Waals surface area (Å²) in [7, 11) is 0. The molecule has 0 saturated heterocycles. The fourth-order valence-electron chi connectivity index (χ4n) is 1.97. The number of nitrogens with zero attached hydrogens (tertiary/aromatic N) is 2. The third-order valence-electron chi connectivity index (χ3n) is 2.98. The molecule has 92 valence electrons. The maximum atomic E-state index is 9.84. The highest BCUT2D eigenvalue weighted by Crippen LogP contribution is 2.25. The number of fused-ring (bicyclic) bond motifs is 1.